The summed E-state index contributed by atoms with van der Waals surface area (Å²) in [7, 11) is 0. The molecular weight excluding hydrogens is 316 g/mol. The van der Waals surface area contributed by atoms with Crippen molar-refractivity contribution in [1.29, 1.82) is 0 Å². The minimum absolute atomic E-state index is 0.109. The fourth-order valence-corrected chi connectivity index (χ4v) is 5.15. The summed E-state index contributed by atoms with van der Waals surface area (Å²) in [5.41, 5.74) is 1.41. The van der Waals surface area contributed by atoms with Crippen LogP contribution in [0.15, 0.2) is 29.2 Å². The summed E-state index contributed by atoms with van der Waals surface area (Å²) in [5, 5.41) is 10.3. The summed E-state index contributed by atoms with van der Waals surface area (Å²) < 4.78 is 0. The lowest BCUT2D eigenvalue weighted by Crippen LogP contribution is -2.54. The van der Waals surface area contributed by atoms with Crippen molar-refractivity contribution in [2.24, 2.45) is 0 Å². The zero-order chi connectivity index (χ0) is 16.8. The monoisotopic (exact) mass is 348 g/mol. The predicted molar refractivity (Wildman–Crippen MR) is 104 cm³/mol. The lowest BCUT2D eigenvalue weighted by molar-refractivity contribution is 0.0173. The Labute approximate surface area is 151 Å². The molecular formula is C20H32N2OS. The highest BCUT2D eigenvalue weighted by molar-refractivity contribution is 7.99. The topological polar surface area (TPSA) is 26.7 Å². The first kappa shape index (κ1) is 18.1. The van der Waals surface area contributed by atoms with E-state index in [0.29, 0.717) is 6.04 Å². The van der Waals surface area contributed by atoms with Gasteiger partial charge in [-0.2, -0.15) is 0 Å². The van der Waals surface area contributed by atoms with Gasteiger partial charge in [0.05, 0.1) is 11.8 Å². The second-order valence-electron chi connectivity index (χ2n) is 7.11. The molecule has 1 saturated carbocycles. The maximum Gasteiger partial charge on any atom is 0.0695 e. The maximum atomic E-state index is 10.3. The molecule has 2 atom stereocenters. The first-order valence-corrected chi connectivity index (χ1v) is 10.7. The molecule has 0 spiro atoms. The molecule has 0 radical (unpaired) electrons. The fourth-order valence-electron chi connectivity index (χ4n) is 3.98. The van der Waals surface area contributed by atoms with Crippen molar-refractivity contribution < 1.29 is 5.11 Å². The van der Waals surface area contributed by atoms with Crippen LogP contribution < -0.4 is 4.90 Å². The summed E-state index contributed by atoms with van der Waals surface area (Å²) in [4.78, 5) is 6.50. The van der Waals surface area contributed by atoms with Crippen LogP contribution in [0.4, 0.5) is 5.69 Å². The molecule has 1 aliphatic heterocycles. The number of aliphatic hydroxyl groups excluding tert-OH is 1. The number of anilines is 1. The Balaban J connectivity index is 1.58. The third kappa shape index (κ3) is 4.47. The second-order valence-corrected chi connectivity index (χ2v) is 8.25. The van der Waals surface area contributed by atoms with Gasteiger partial charge in [0.1, 0.15) is 0 Å². The normalized spacial score (nSPS) is 25.8. The summed E-state index contributed by atoms with van der Waals surface area (Å²) in [6, 6.07) is 9.27. The maximum absolute atomic E-state index is 10.3. The SMILES string of the molecule is CCCCSc1ccccc1N1CCN([C@@H]2CCCC[C@H]2O)CC1. The molecule has 1 saturated heterocycles. The Morgan fingerprint density at radius 3 is 2.58 bits per heavy atom. The summed E-state index contributed by atoms with van der Waals surface area (Å²) >= 11 is 2.00. The Hall–Kier alpha value is -0.710. The molecule has 1 aromatic rings. The first-order valence-electron chi connectivity index (χ1n) is 9.68. The highest BCUT2D eigenvalue weighted by Gasteiger charge is 2.31. The zero-order valence-electron chi connectivity index (χ0n) is 15.0. The van der Waals surface area contributed by atoms with E-state index in [1.165, 1.54) is 48.4 Å². The number of hydrogen-bond donors (Lipinski definition) is 1. The largest absolute Gasteiger partial charge is 0.391 e. The molecule has 3 nitrogen and oxygen atoms in total. The zero-order valence-corrected chi connectivity index (χ0v) is 15.8. The average Bonchev–Trinajstić information content (AvgIpc) is 2.63. The van der Waals surface area contributed by atoms with Gasteiger partial charge >= 0.3 is 0 Å². The van der Waals surface area contributed by atoms with Crippen molar-refractivity contribution in [3.63, 3.8) is 0 Å². The van der Waals surface area contributed by atoms with Crippen LogP contribution in [0.1, 0.15) is 45.4 Å². The van der Waals surface area contributed by atoms with Crippen LogP contribution in [0.2, 0.25) is 0 Å². The van der Waals surface area contributed by atoms with Crippen molar-refractivity contribution in [3.8, 4) is 0 Å². The van der Waals surface area contributed by atoms with E-state index in [1.807, 2.05) is 11.8 Å². The van der Waals surface area contributed by atoms with E-state index < -0.39 is 0 Å². The first-order chi connectivity index (χ1) is 11.8. The third-order valence-corrected chi connectivity index (χ3v) is 6.59. The molecule has 0 bridgehead atoms. The standard InChI is InChI=1S/C20H32N2OS/c1-2-3-16-24-20-11-7-5-9-18(20)22-14-12-21(13-15-22)17-8-4-6-10-19(17)23/h5,7,9,11,17,19,23H,2-4,6,8,10,12-16H2,1H3/t17-,19-/m1/s1. The van der Waals surface area contributed by atoms with Gasteiger partial charge in [-0.25, -0.2) is 0 Å². The summed E-state index contributed by atoms with van der Waals surface area (Å²) in [5.74, 6) is 1.21. The summed E-state index contributed by atoms with van der Waals surface area (Å²) in [6.45, 7) is 6.57. The van der Waals surface area contributed by atoms with Gasteiger partial charge in [-0.05, 0) is 37.1 Å². The molecule has 0 aromatic heterocycles. The van der Waals surface area contributed by atoms with Gasteiger partial charge < -0.3 is 10.0 Å². The van der Waals surface area contributed by atoms with Crippen molar-refractivity contribution in [2.75, 3.05) is 36.8 Å². The molecule has 0 unspecified atom stereocenters. The minimum atomic E-state index is -0.109. The number of unbranched alkanes of at least 4 members (excludes halogenated alkanes) is 1. The van der Waals surface area contributed by atoms with Gasteiger partial charge in [0.2, 0.25) is 0 Å². The van der Waals surface area contributed by atoms with E-state index in [4.69, 9.17) is 0 Å². The van der Waals surface area contributed by atoms with Crippen LogP contribution in [-0.4, -0.2) is 54.1 Å². The Kier molecular flexibility index (Phi) is 6.87. The van der Waals surface area contributed by atoms with Gasteiger partial charge in [-0.3, -0.25) is 4.90 Å². The van der Waals surface area contributed by atoms with Crippen LogP contribution in [-0.2, 0) is 0 Å². The highest BCUT2D eigenvalue weighted by Crippen LogP contribution is 2.32. The number of aliphatic hydroxyl groups is 1. The number of rotatable bonds is 6. The molecule has 24 heavy (non-hydrogen) atoms. The van der Waals surface area contributed by atoms with Gasteiger partial charge in [0.25, 0.3) is 0 Å². The number of hydrogen-bond acceptors (Lipinski definition) is 4. The van der Waals surface area contributed by atoms with E-state index in [-0.39, 0.29) is 6.10 Å². The molecule has 1 aromatic carbocycles. The molecule has 1 aliphatic carbocycles. The fraction of sp³-hybridized carbons (Fsp3) is 0.700. The predicted octanol–water partition coefficient (Wildman–Crippen LogP) is 4.00. The molecule has 1 N–H and O–H groups in total. The third-order valence-electron chi connectivity index (χ3n) is 5.44. The number of para-hydroxylation sites is 1. The molecule has 2 fully saturated rings. The quantitative estimate of drug-likeness (QED) is 0.621. The molecule has 2 aliphatic rings. The van der Waals surface area contributed by atoms with Gasteiger partial charge in [-0.15, -0.1) is 11.8 Å². The van der Waals surface area contributed by atoms with E-state index in [9.17, 15) is 5.11 Å². The molecule has 134 valence electrons. The van der Waals surface area contributed by atoms with Gasteiger partial charge in [0.15, 0.2) is 0 Å². The van der Waals surface area contributed by atoms with Crippen LogP contribution in [0.3, 0.4) is 0 Å². The van der Waals surface area contributed by atoms with Crippen molar-refractivity contribution in [1.82, 2.24) is 4.90 Å². The van der Waals surface area contributed by atoms with Crippen LogP contribution in [0.5, 0.6) is 0 Å². The van der Waals surface area contributed by atoms with Crippen LogP contribution in [0, 0.1) is 0 Å². The van der Waals surface area contributed by atoms with Gasteiger partial charge in [-0.1, -0.05) is 38.3 Å². The number of thioether (sulfide) groups is 1. The number of benzene rings is 1. The lowest BCUT2D eigenvalue weighted by Gasteiger charge is -2.43. The van der Waals surface area contributed by atoms with E-state index in [0.717, 1.165) is 32.6 Å². The van der Waals surface area contributed by atoms with Crippen molar-refractivity contribution in [3.05, 3.63) is 24.3 Å². The molecule has 1 heterocycles. The van der Waals surface area contributed by atoms with Crippen LogP contribution in [0.25, 0.3) is 0 Å². The second kappa shape index (κ2) is 9.12. The lowest BCUT2D eigenvalue weighted by atomic mass is 9.91. The molecule has 3 rings (SSSR count). The Bertz CT molecular complexity index is 502. The van der Waals surface area contributed by atoms with Gasteiger partial charge in [0, 0.05) is 37.1 Å². The van der Waals surface area contributed by atoms with Crippen LogP contribution >= 0.6 is 11.8 Å². The number of piperazine rings is 1. The van der Waals surface area contributed by atoms with Crippen molar-refractivity contribution in [2.45, 2.75) is 62.5 Å². The van der Waals surface area contributed by atoms with E-state index in [1.54, 1.807) is 0 Å². The van der Waals surface area contributed by atoms with Crippen molar-refractivity contribution >= 4 is 17.4 Å². The Morgan fingerprint density at radius 2 is 1.83 bits per heavy atom. The summed E-state index contributed by atoms with van der Waals surface area (Å²) in [6.07, 6.45) is 7.07. The highest BCUT2D eigenvalue weighted by atomic mass is 32.2. The molecule has 0 amide bonds. The smallest absolute Gasteiger partial charge is 0.0695 e. The van der Waals surface area contributed by atoms with E-state index in [2.05, 4.69) is 41.0 Å². The molecule has 4 heteroatoms. The van der Waals surface area contributed by atoms with E-state index >= 15 is 0 Å². The Morgan fingerprint density at radius 1 is 1.08 bits per heavy atom. The number of nitrogens with zero attached hydrogens (tertiary/aromatic N) is 2. The average molecular weight is 349 g/mol. The minimum Gasteiger partial charge on any atom is -0.391 e.